The van der Waals surface area contributed by atoms with Crippen LogP contribution in [0.5, 0.6) is 0 Å². The van der Waals surface area contributed by atoms with Crippen molar-refractivity contribution in [2.24, 2.45) is 17.3 Å². The second-order valence-electron chi connectivity index (χ2n) is 6.24. The molecule has 3 atom stereocenters. The second kappa shape index (κ2) is 4.08. The van der Waals surface area contributed by atoms with Gasteiger partial charge in [0.25, 0.3) is 0 Å². The molecule has 0 aromatic heterocycles. The first kappa shape index (κ1) is 12.5. The van der Waals surface area contributed by atoms with Gasteiger partial charge in [-0.1, -0.05) is 12.5 Å². The maximum atomic E-state index is 12.0. The van der Waals surface area contributed by atoms with E-state index in [0.717, 1.165) is 18.4 Å². The van der Waals surface area contributed by atoms with Crippen LogP contribution in [0.2, 0.25) is 0 Å². The Morgan fingerprint density at radius 3 is 2.53 bits per heavy atom. The minimum atomic E-state index is 0.200. The Bertz CT molecular complexity index is 401. The number of rotatable bonds is 3. The third-order valence-corrected chi connectivity index (χ3v) is 4.78. The van der Waals surface area contributed by atoms with E-state index in [1.807, 2.05) is 13.8 Å². The average Bonchev–Trinajstić information content (AvgIpc) is 2.76. The van der Waals surface area contributed by atoms with E-state index < -0.39 is 0 Å². The molecular weight excluding hydrogens is 212 g/mol. The lowest BCUT2D eigenvalue weighted by molar-refractivity contribution is -0.118. The first-order chi connectivity index (χ1) is 7.86. The van der Waals surface area contributed by atoms with Gasteiger partial charge < -0.3 is 4.79 Å². The van der Waals surface area contributed by atoms with E-state index in [1.165, 1.54) is 5.57 Å². The number of hydrogen-bond acceptors (Lipinski definition) is 2. The zero-order valence-electron chi connectivity index (χ0n) is 11.3. The summed E-state index contributed by atoms with van der Waals surface area (Å²) < 4.78 is 0. The zero-order valence-corrected chi connectivity index (χ0v) is 11.3. The summed E-state index contributed by atoms with van der Waals surface area (Å²) in [7, 11) is 0. The third-order valence-electron chi connectivity index (χ3n) is 4.78. The van der Waals surface area contributed by atoms with Gasteiger partial charge in [-0.15, -0.1) is 0 Å². The summed E-state index contributed by atoms with van der Waals surface area (Å²) in [6.07, 6.45) is 3.29. The number of hydrogen-bond donors (Lipinski definition) is 0. The van der Waals surface area contributed by atoms with Gasteiger partial charge in [0.1, 0.15) is 5.78 Å². The summed E-state index contributed by atoms with van der Waals surface area (Å²) in [6, 6.07) is 0. The highest BCUT2D eigenvalue weighted by Crippen LogP contribution is 2.67. The molecule has 0 aromatic carbocycles. The van der Waals surface area contributed by atoms with Gasteiger partial charge in [-0.2, -0.15) is 0 Å². The Hall–Kier alpha value is -0.920. The minimum absolute atomic E-state index is 0.200. The fourth-order valence-corrected chi connectivity index (χ4v) is 3.56. The molecule has 0 N–H and O–H groups in total. The van der Waals surface area contributed by atoms with Crippen molar-refractivity contribution in [3.05, 3.63) is 11.1 Å². The molecular formula is C15H22O2. The van der Waals surface area contributed by atoms with Gasteiger partial charge in [0, 0.05) is 12.8 Å². The average molecular weight is 234 g/mol. The topological polar surface area (TPSA) is 34.1 Å². The Morgan fingerprint density at radius 1 is 1.35 bits per heavy atom. The van der Waals surface area contributed by atoms with Crippen molar-refractivity contribution >= 4 is 11.6 Å². The molecule has 0 saturated heterocycles. The largest absolute Gasteiger partial charge is 0.300 e. The molecule has 94 valence electrons. The van der Waals surface area contributed by atoms with Crippen LogP contribution in [0.4, 0.5) is 0 Å². The Balaban J connectivity index is 2.07. The van der Waals surface area contributed by atoms with Crippen LogP contribution in [0.1, 0.15) is 53.4 Å². The van der Waals surface area contributed by atoms with E-state index in [1.54, 1.807) is 6.92 Å². The molecule has 0 aromatic rings. The molecule has 0 bridgehead atoms. The maximum Gasteiger partial charge on any atom is 0.159 e. The van der Waals surface area contributed by atoms with Gasteiger partial charge in [-0.3, -0.25) is 4.79 Å². The van der Waals surface area contributed by atoms with Gasteiger partial charge in [0.15, 0.2) is 5.78 Å². The van der Waals surface area contributed by atoms with E-state index in [4.69, 9.17) is 0 Å². The van der Waals surface area contributed by atoms with Crippen LogP contribution >= 0.6 is 0 Å². The first-order valence-corrected chi connectivity index (χ1v) is 6.55. The summed E-state index contributed by atoms with van der Waals surface area (Å²) in [5, 5.41) is 0. The molecule has 17 heavy (non-hydrogen) atoms. The molecule has 2 saturated carbocycles. The third kappa shape index (κ3) is 2.10. The molecule has 0 amide bonds. The van der Waals surface area contributed by atoms with Crippen molar-refractivity contribution in [3.63, 3.8) is 0 Å². The number of Topliss-reactive ketones (excluding diaryl/α,β-unsaturated/α-hetero) is 2. The highest BCUT2D eigenvalue weighted by molar-refractivity contribution is 5.98. The lowest BCUT2D eigenvalue weighted by atomic mass is 9.84. The molecule has 2 rings (SSSR count). The standard InChI is InChI=1S/C15H22O2/c1-9(2)11-7-13-12(6-5-10(3)16)15(13,4)8-14(11)17/h12-13H,5-8H2,1-4H3/t12-,13-,15+/m1/s1. The van der Waals surface area contributed by atoms with Crippen LogP contribution in [0.25, 0.3) is 0 Å². The highest BCUT2D eigenvalue weighted by Gasteiger charge is 2.63. The molecule has 0 unspecified atom stereocenters. The Morgan fingerprint density at radius 2 is 2.00 bits per heavy atom. The van der Waals surface area contributed by atoms with Crippen LogP contribution in [-0.4, -0.2) is 11.6 Å². The van der Waals surface area contributed by atoms with Crippen LogP contribution < -0.4 is 0 Å². The van der Waals surface area contributed by atoms with Crippen LogP contribution in [0.3, 0.4) is 0 Å². The summed E-state index contributed by atoms with van der Waals surface area (Å²) in [5.74, 6) is 1.84. The Labute approximate surface area is 103 Å². The molecule has 0 spiro atoms. The van der Waals surface area contributed by atoms with E-state index in [2.05, 4.69) is 6.92 Å². The van der Waals surface area contributed by atoms with Gasteiger partial charge >= 0.3 is 0 Å². The zero-order chi connectivity index (χ0) is 12.8. The molecule has 0 heterocycles. The monoisotopic (exact) mass is 234 g/mol. The van der Waals surface area contributed by atoms with Gasteiger partial charge in [0.05, 0.1) is 0 Å². The quantitative estimate of drug-likeness (QED) is 0.702. The van der Waals surface area contributed by atoms with Crippen molar-refractivity contribution < 1.29 is 9.59 Å². The molecule has 0 radical (unpaired) electrons. The van der Waals surface area contributed by atoms with E-state index >= 15 is 0 Å². The van der Waals surface area contributed by atoms with Crippen molar-refractivity contribution in [2.75, 3.05) is 0 Å². The number of fused-ring (bicyclic) bond motifs is 1. The summed E-state index contributed by atoms with van der Waals surface area (Å²) >= 11 is 0. The molecule has 0 aliphatic heterocycles. The number of carbonyl (C=O) groups is 2. The Kier molecular flexibility index (Phi) is 3.01. The molecule has 2 aliphatic carbocycles. The first-order valence-electron chi connectivity index (χ1n) is 6.55. The second-order valence-corrected chi connectivity index (χ2v) is 6.24. The number of ketones is 2. The van der Waals surface area contributed by atoms with Crippen LogP contribution in [0.15, 0.2) is 11.1 Å². The van der Waals surface area contributed by atoms with Gasteiger partial charge in [0.2, 0.25) is 0 Å². The molecule has 2 heteroatoms. The SMILES string of the molecule is CC(=O)CC[C@@H]1[C@H]2CC(=C(C)C)C(=O)C[C@@]12C. The smallest absolute Gasteiger partial charge is 0.159 e. The lowest BCUT2D eigenvalue weighted by Crippen LogP contribution is -2.18. The van der Waals surface area contributed by atoms with E-state index in [-0.39, 0.29) is 11.2 Å². The van der Waals surface area contributed by atoms with Crippen LogP contribution in [-0.2, 0) is 9.59 Å². The van der Waals surface area contributed by atoms with E-state index in [9.17, 15) is 9.59 Å². The number of allylic oxidation sites excluding steroid dienone is 2. The maximum absolute atomic E-state index is 12.0. The lowest BCUT2D eigenvalue weighted by Gasteiger charge is -2.19. The fraction of sp³-hybridized carbons (Fsp3) is 0.733. The predicted octanol–water partition coefficient (Wildman–Crippen LogP) is 3.31. The highest BCUT2D eigenvalue weighted by atomic mass is 16.1. The summed E-state index contributed by atoms with van der Waals surface area (Å²) in [6.45, 7) is 7.94. The molecule has 2 nitrogen and oxygen atoms in total. The van der Waals surface area contributed by atoms with Gasteiger partial charge in [-0.05, 0) is 56.4 Å². The minimum Gasteiger partial charge on any atom is -0.300 e. The van der Waals surface area contributed by atoms with Crippen molar-refractivity contribution in [1.29, 1.82) is 0 Å². The van der Waals surface area contributed by atoms with Crippen molar-refractivity contribution in [2.45, 2.75) is 53.4 Å². The van der Waals surface area contributed by atoms with Crippen LogP contribution in [0, 0.1) is 17.3 Å². The summed E-state index contributed by atoms with van der Waals surface area (Å²) in [4.78, 5) is 23.1. The van der Waals surface area contributed by atoms with Crippen molar-refractivity contribution in [3.8, 4) is 0 Å². The molecule has 2 aliphatic rings. The molecule has 2 fully saturated rings. The van der Waals surface area contributed by atoms with Gasteiger partial charge in [-0.25, -0.2) is 0 Å². The predicted molar refractivity (Wildman–Crippen MR) is 67.6 cm³/mol. The number of carbonyl (C=O) groups excluding carboxylic acids is 2. The van der Waals surface area contributed by atoms with Crippen molar-refractivity contribution in [1.82, 2.24) is 0 Å². The van der Waals surface area contributed by atoms with E-state index in [0.29, 0.717) is 30.5 Å². The summed E-state index contributed by atoms with van der Waals surface area (Å²) in [5.41, 5.74) is 2.43. The normalized spacial score (nSPS) is 35.5. The fourth-order valence-electron chi connectivity index (χ4n) is 3.56.